The molecule has 5 aromatic rings. The van der Waals surface area contributed by atoms with E-state index >= 15 is 0 Å². The molecular weight excluding hydrogens is 473 g/mol. The fraction of sp³-hybridized carbons (Fsp3) is 0.0345. The third kappa shape index (κ3) is 4.96. The van der Waals surface area contributed by atoms with Crippen LogP contribution in [0.3, 0.4) is 0 Å². The van der Waals surface area contributed by atoms with Crippen molar-refractivity contribution in [2.24, 2.45) is 0 Å². The molecule has 1 aromatic heterocycles. The minimum Gasteiger partial charge on any atom is -0.397 e. The van der Waals surface area contributed by atoms with Gasteiger partial charge in [0.25, 0.3) is 11.8 Å². The maximum atomic E-state index is 14.9. The van der Waals surface area contributed by atoms with E-state index in [2.05, 4.69) is 10.6 Å². The maximum absolute atomic E-state index is 14.9. The Bertz CT molecular complexity index is 1550. The van der Waals surface area contributed by atoms with Crippen LogP contribution in [0.5, 0.6) is 0 Å². The number of nitrogens with two attached hydrogens (primary N) is 1. The zero-order valence-electron chi connectivity index (χ0n) is 19.1. The lowest BCUT2D eigenvalue weighted by atomic mass is 10.0. The summed E-state index contributed by atoms with van der Waals surface area (Å²) in [5, 5.41) is 6.25. The van der Waals surface area contributed by atoms with Gasteiger partial charge in [0.2, 0.25) is 6.17 Å². The highest BCUT2D eigenvalue weighted by Crippen LogP contribution is 2.32. The second-order valence-corrected chi connectivity index (χ2v) is 9.33. The summed E-state index contributed by atoms with van der Waals surface area (Å²) in [5.74, 6) is -1.06. The fourth-order valence-corrected chi connectivity index (χ4v) is 4.86. The first kappa shape index (κ1) is 23.3. The van der Waals surface area contributed by atoms with Crippen molar-refractivity contribution in [1.29, 1.82) is 0 Å². The molecule has 0 radical (unpaired) electrons. The number of anilines is 3. The quantitative estimate of drug-likeness (QED) is 0.221. The Kier molecular flexibility index (Phi) is 6.47. The highest BCUT2D eigenvalue weighted by atomic mass is 32.1. The van der Waals surface area contributed by atoms with Crippen LogP contribution < -0.4 is 16.4 Å². The molecule has 36 heavy (non-hydrogen) atoms. The minimum atomic E-state index is -1.84. The van der Waals surface area contributed by atoms with E-state index in [-0.39, 0.29) is 11.5 Å². The van der Waals surface area contributed by atoms with Gasteiger partial charge in [-0.2, -0.15) is 0 Å². The van der Waals surface area contributed by atoms with Gasteiger partial charge in [-0.1, -0.05) is 66.7 Å². The van der Waals surface area contributed by atoms with E-state index < -0.39 is 12.1 Å². The Morgan fingerprint density at radius 1 is 0.778 bits per heavy atom. The molecule has 1 unspecified atom stereocenters. The second kappa shape index (κ2) is 10.0. The van der Waals surface area contributed by atoms with Crippen molar-refractivity contribution in [2.75, 3.05) is 16.4 Å². The van der Waals surface area contributed by atoms with Crippen molar-refractivity contribution >= 4 is 50.3 Å². The van der Waals surface area contributed by atoms with Gasteiger partial charge in [0.1, 0.15) is 0 Å². The van der Waals surface area contributed by atoms with E-state index in [0.29, 0.717) is 26.6 Å². The number of carbonyl (C=O) groups is 2. The molecule has 0 fully saturated rings. The molecule has 0 saturated carbocycles. The van der Waals surface area contributed by atoms with Gasteiger partial charge in [-0.25, -0.2) is 4.39 Å². The van der Waals surface area contributed by atoms with E-state index in [4.69, 9.17) is 5.73 Å². The number of amides is 2. The van der Waals surface area contributed by atoms with Crippen molar-refractivity contribution in [2.45, 2.75) is 6.17 Å². The number of hydrogen-bond donors (Lipinski definition) is 3. The predicted octanol–water partition coefficient (Wildman–Crippen LogP) is 7.05. The number of halogens is 1. The van der Waals surface area contributed by atoms with Crippen molar-refractivity contribution < 1.29 is 14.0 Å². The summed E-state index contributed by atoms with van der Waals surface area (Å²) in [4.78, 5) is 25.8. The Balaban J connectivity index is 1.34. The van der Waals surface area contributed by atoms with E-state index in [9.17, 15) is 14.0 Å². The SMILES string of the molecule is Nc1ccc(-c2ccccc2)cc1NC(=O)c1cc2ccc(C(F)C(=O)Nc3ccccc3)cc2s1. The number of alkyl halides is 1. The number of thiophene rings is 1. The lowest BCUT2D eigenvalue weighted by molar-refractivity contribution is -0.121. The molecule has 0 aliphatic heterocycles. The molecule has 5 nitrogen and oxygen atoms in total. The summed E-state index contributed by atoms with van der Waals surface area (Å²) in [6, 6.07) is 30.7. The largest absolute Gasteiger partial charge is 0.397 e. The molecule has 2 amide bonds. The number of rotatable bonds is 6. The predicted molar refractivity (Wildman–Crippen MR) is 145 cm³/mol. The van der Waals surface area contributed by atoms with Gasteiger partial charge in [0, 0.05) is 10.4 Å². The van der Waals surface area contributed by atoms with Gasteiger partial charge in [0.05, 0.1) is 16.3 Å². The lowest BCUT2D eigenvalue weighted by Crippen LogP contribution is -2.17. The number of fused-ring (bicyclic) bond motifs is 1. The van der Waals surface area contributed by atoms with Crippen LogP contribution in [0.15, 0.2) is 103 Å². The van der Waals surface area contributed by atoms with Crippen LogP contribution in [0.2, 0.25) is 0 Å². The summed E-state index contributed by atoms with van der Waals surface area (Å²) in [5.41, 5.74) is 9.78. The van der Waals surface area contributed by atoms with Gasteiger partial charge >= 0.3 is 0 Å². The smallest absolute Gasteiger partial charge is 0.265 e. The van der Waals surface area contributed by atoms with E-state index in [0.717, 1.165) is 16.5 Å². The van der Waals surface area contributed by atoms with Gasteiger partial charge in [-0.3, -0.25) is 9.59 Å². The molecular formula is C29H22FN3O2S. The average molecular weight is 496 g/mol. The van der Waals surface area contributed by atoms with Crippen LogP contribution in [-0.4, -0.2) is 11.8 Å². The summed E-state index contributed by atoms with van der Waals surface area (Å²) in [6.45, 7) is 0. The molecule has 1 heterocycles. The van der Waals surface area contributed by atoms with Gasteiger partial charge < -0.3 is 16.4 Å². The summed E-state index contributed by atoms with van der Waals surface area (Å²) >= 11 is 1.23. The first-order valence-electron chi connectivity index (χ1n) is 11.3. The lowest BCUT2D eigenvalue weighted by Gasteiger charge is -2.10. The zero-order chi connectivity index (χ0) is 25.1. The Morgan fingerprint density at radius 3 is 2.25 bits per heavy atom. The Hall–Kier alpha value is -4.49. The zero-order valence-corrected chi connectivity index (χ0v) is 19.9. The van der Waals surface area contributed by atoms with Crippen molar-refractivity contribution in [3.05, 3.63) is 114 Å². The molecule has 0 spiro atoms. The van der Waals surface area contributed by atoms with Crippen LogP contribution in [-0.2, 0) is 4.79 Å². The fourth-order valence-electron chi connectivity index (χ4n) is 3.85. The molecule has 1 atom stereocenters. The number of para-hydroxylation sites is 1. The Morgan fingerprint density at radius 2 is 1.50 bits per heavy atom. The molecule has 0 aliphatic carbocycles. The molecule has 7 heteroatoms. The van der Waals surface area contributed by atoms with Crippen molar-refractivity contribution in [3.63, 3.8) is 0 Å². The monoisotopic (exact) mass is 495 g/mol. The van der Waals surface area contributed by atoms with Crippen LogP contribution in [0.25, 0.3) is 21.2 Å². The summed E-state index contributed by atoms with van der Waals surface area (Å²) < 4.78 is 15.6. The topological polar surface area (TPSA) is 84.2 Å². The number of nitrogen functional groups attached to an aromatic ring is 1. The number of benzene rings is 4. The first-order chi connectivity index (χ1) is 17.5. The molecule has 4 aromatic carbocycles. The van der Waals surface area contributed by atoms with E-state index in [1.165, 1.54) is 11.3 Å². The van der Waals surface area contributed by atoms with Crippen molar-refractivity contribution in [3.8, 4) is 11.1 Å². The minimum absolute atomic E-state index is 0.226. The number of hydrogen-bond acceptors (Lipinski definition) is 4. The standard InChI is InChI=1S/C29H22FN3O2S/c30-27(29(35)32-22-9-5-2-6-10-22)21-12-11-20-16-26(36-25(20)17-21)28(34)33-24-15-19(13-14-23(24)31)18-7-3-1-4-8-18/h1-17,27H,31H2,(H,32,35)(H,33,34). The number of nitrogens with one attached hydrogen (secondary N) is 2. The summed E-state index contributed by atoms with van der Waals surface area (Å²) in [6.07, 6.45) is -1.84. The van der Waals surface area contributed by atoms with Crippen LogP contribution in [0, 0.1) is 0 Å². The van der Waals surface area contributed by atoms with Gasteiger partial charge in [-0.15, -0.1) is 11.3 Å². The molecule has 0 aliphatic rings. The normalized spacial score (nSPS) is 11.7. The van der Waals surface area contributed by atoms with Gasteiger partial charge in [0.15, 0.2) is 0 Å². The molecule has 0 bridgehead atoms. The highest BCUT2D eigenvalue weighted by molar-refractivity contribution is 7.20. The van der Waals surface area contributed by atoms with Crippen LogP contribution in [0.1, 0.15) is 21.4 Å². The summed E-state index contributed by atoms with van der Waals surface area (Å²) in [7, 11) is 0. The van der Waals surface area contributed by atoms with E-state index in [1.807, 2.05) is 48.5 Å². The molecule has 5 rings (SSSR count). The molecule has 0 saturated heterocycles. The third-order valence-corrected chi connectivity index (χ3v) is 6.84. The first-order valence-corrected chi connectivity index (χ1v) is 12.1. The second-order valence-electron chi connectivity index (χ2n) is 8.25. The highest BCUT2D eigenvalue weighted by Gasteiger charge is 2.21. The third-order valence-electron chi connectivity index (χ3n) is 5.74. The van der Waals surface area contributed by atoms with Crippen LogP contribution in [0.4, 0.5) is 21.5 Å². The maximum Gasteiger partial charge on any atom is 0.265 e. The average Bonchev–Trinajstić information content (AvgIpc) is 3.34. The number of carbonyl (C=O) groups excluding carboxylic acids is 2. The molecule has 4 N–H and O–H groups in total. The van der Waals surface area contributed by atoms with Gasteiger partial charge in [-0.05, 0) is 58.5 Å². The van der Waals surface area contributed by atoms with Crippen molar-refractivity contribution in [1.82, 2.24) is 0 Å². The van der Waals surface area contributed by atoms with Crippen LogP contribution >= 0.6 is 11.3 Å². The van der Waals surface area contributed by atoms with E-state index in [1.54, 1.807) is 54.6 Å². The Labute approximate surface area is 211 Å². The molecule has 178 valence electrons.